The van der Waals surface area contributed by atoms with Crippen molar-refractivity contribution in [3.05, 3.63) is 101 Å². The number of carbonyl (C=O) groups excluding carboxylic acids is 3. The topological polar surface area (TPSA) is 214 Å². The first kappa shape index (κ1) is 54.8. The largest absolute Gasteiger partial charge is 0.508 e. The van der Waals surface area contributed by atoms with Crippen LogP contribution in [0.1, 0.15) is 125 Å². The molecule has 0 radical (unpaired) electrons. The van der Waals surface area contributed by atoms with Crippen LogP contribution in [0.3, 0.4) is 0 Å². The molecule has 434 valence electrons. The minimum Gasteiger partial charge on any atom is -0.508 e. The van der Waals surface area contributed by atoms with E-state index < -0.39 is 12.0 Å². The van der Waals surface area contributed by atoms with Crippen LogP contribution >= 0.6 is 11.3 Å². The van der Waals surface area contributed by atoms with Gasteiger partial charge in [0.05, 0.1) is 38.7 Å². The minimum atomic E-state index is -0.655. The highest BCUT2D eigenvalue weighted by Gasteiger charge is 2.42. The first-order chi connectivity index (χ1) is 40.2. The number of benzene rings is 3. The van der Waals surface area contributed by atoms with Crippen molar-refractivity contribution < 1.29 is 38.2 Å². The van der Waals surface area contributed by atoms with Gasteiger partial charge in [-0.3, -0.25) is 19.5 Å². The van der Waals surface area contributed by atoms with Crippen molar-refractivity contribution in [3.8, 4) is 39.3 Å². The standard InChI is InChI=1S/C63H73N11O8S/c1-34(2)53(61(77)74-22-8-11-50(74)60(76)66-36(4)38-12-14-39(15-13-38)58-37(5)65-33-83-58)51-27-52(70-82-51)81-46-20-23-72(24-21-46)63(78)80-32-44-19-18-43(71(44)6)31-79-62-68-57-49(59(69-62)73-29-41-16-17-42(30-73)67-41)28-64-56-48-26-45(75)25-40-9-7-10-47(55(40)48)35(3)54(56)57/h7,9-10,12-15,25-28,33-36,41-44,46,50,53,67,75H,8,11,16-24,29-32H2,1-6H3,(H,66,76)/t35?,36-,41?,42?,43?,44-,50-,53?/m0/s1. The Hall–Kier alpha value is -7.42. The number of ether oxygens (including phenoxy) is 3. The number of nitrogens with zero attached hydrogens (tertiary/aromatic N) is 9. The van der Waals surface area contributed by atoms with E-state index in [0.717, 1.165) is 111 Å². The molecule has 13 rings (SSSR count). The molecule has 2 bridgehead atoms. The van der Waals surface area contributed by atoms with E-state index in [1.54, 1.807) is 27.2 Å². The van der Waals surface area contributed by atoms with E-state index in [1.165, 1.54) is 5.56 Å². The van der Waals surface area contributed by atoms with Gasteiger partial charge in [-0.25, -0.2) is 9.78 Å². The number of likely N-dealkylation sites (tertiary alicyclic amines) is 3. The van der Waals surface area contributed by atoms with Crippen LogP contribution in [0.2, 0.25) is 0 Å². The lowest BCUT2D eigenvalue weighted by Gasteiger charge is -2.35. The summed E-state index contributed by atoms with van der Waals surface area (Å²) in [5.41, 5.74) is 9.63. The molecule has 5 aliphatic heterocycles. The second-order valence-corrected chi connectivity index (χ2v) is 25.0. The summed E-state index contributed by atoms with van der Waals surface area (Å²) in [5, 5.41) is 25.0. The number of phenolic OH excluding ortho intramolecular Hbond substituents is 1. The van der Waals surface area contributed by atoms with Gasteiger partial charge in [-0.2, -0.15) is 9.97 Å². The van der Waals surface area contributed by atoms with Gasteiger partial charge in [-0.1, -0.05) is 63.2 Å². The number of carbonyl (C=O) groups is 3. The van der Waals surface area contributed by atoms with E-state index in [-0.39, 0.29) is 66.3 Å². The number of rotatable bonds is 15. The number of fused-ring (bicyclic) bond motifs is 6. The number of nitrogens with one attached hydrogen (secondary N) is 2. The normalized spacial score (nSPS) is 23.2. The summed E-state index contributed by atoms with van der Waals surface area (Å²) in [6.45, 7) is 13.8. The first-order valence-electron chi connectivity index (χ1n) is 29.7. The maximum atomic E-state index is 14.3. The average molecular weight is 1140 g/mol. The molecular weight excluding hydrogens is 1070 g/mol. The smallest absolute Gasteiger partial charge is 0.409 e. The van der Waals surface area contributed by atoms with Crippen molar-refractivity contribution in [1.29, 1.82) is 0 Å². The van der Waals surface area contributed by atoms with Crippen LogP contribution in [0.4, 0.5) is 10.6 Å². The Morgan fingerprint density at radius 2 is 1.67 bits per heavy atom. The van der Waals surface area contributed by atoms with Gasteiger partial charge in [-0.05, 0) is 110 Å². The SMILES string of the molecule is Cc1ncsc1-c1ccc([C@H](C)NC(=O)[C@@H]2CCCN2C(=O)C(c2cc(OC3CCN(C(=O)OC[C@@H]4CCC(COc5nc(N6CC7CCC(C6)N7)c6cnc7c(c6n5)C(C)c5cccc6cc(O)cc-7c56)N4C)CC3)no2)C(C)C)cc1. The predicted octanol–water partition coefficient (Wildman–Crippen LogP) is 9.51. The molecule has 7 aromatic rings. The fraction of sp³-hybridized carbons (Fsp3) is 0.492. The number of phenols is 1. The third-order valence-corrected chi connectivity index (χ3v) is 19.5. The number of amides is 3. The van der Waals surface area contributed by atoms with E-state index in [9.17, 15) is 19.5 Å². The zero-order chi connectivity index (χ0) is 57.2. The van der Waals surface area contributed by atoms with E-state index in [4.69, 9.17) is 33.7 Å². The van der Waals surface area contributed by atoms with Gasteiger partial charge in [0.25, 0.3) is 5.88 Å². The van der Waals surface area contributed by atoms with Crippen LogP contribution in [-0.2, 0) is 14.3 Å². The predicted molar refractivity (Wildman–Crippen MR) is 316 cm³/mol. The molecule has 9 heterocycles. The fourth-order valence-corrected chi connectivity index (χ4v) is 14.8. The second-order valence-electron chi connectivity index (χ2n) is 24.2. The van der Waals surface area contributed by atoms with Gasteiger partial charge in [-0.15, -0.1) is 11.3 Å². The lowest BCUT2D eigenvalue weighted by molar-refractivity contribution is -0.141. The fourth-order valence-electron chi connectivity index (χ4n) is 14.0. The summed E-state index contributed by atoms with van der Waals surface area (Å²) in [4.78, 5) is 70.7. The molecule has 6 aliphatic rings. The quantitative estimate of drug-likeness (QED) is 0.0872. The Morgan fingerprint density at radius 1 is 0.904 bits per heavy atom. The van der Waals surface area contributed by atoms with Crippen LogP contribution < -0.4 is 25.0 Å². The number of piperidine rings is 1. The molecule has 19 nitrogen and oxygen atoms in total. The minimum absolute atomic E-state index is 0.0129. The second kappa shape index (κ2) is 22.6. The molecule has 1 aliphatic carbocycles. The molecule has 8 atom stereocenters. The molecule has 5 unspecified atom stereocenters. The number of aryl methyl sites for hydroxylation is 1. The summed E-state index contributed by atoms with van der Waals surface area (Å²) in [7, 11) is 2.06. The number of piperazine rings is 1. The third-order valence-electron chi connectivity index (χ3n) is 18.5. The third kappa shape index (κ3) is 10.6. The van der Waals surface area contributed by atoms with Gasteiger partial charge >= 0.3 is 12.1 Å². The summed E-state index contributed by atoms with van der Waals surface area (Å²) in [5.74, 6) is 0.584. The molecule has 83 heavy (non-hydrogen) atoms. The highest BCUT2D eigenvalue weighted by molar-refractivity contribution is 7.13. The molecule has 4 aromatic heterocycles. The van der Waals surface area contributed by atoms with Gasteiger partial charge in [0, 0.05) is 99.0 Å². The molecular formula is C63H73N11O8S. The monoisotopic (exact) mass is 1140 g/mol. The van der Waals surface area contributed by atoms with Crippen LogP contribution in [0.25, 0.3) is 43.4 Å². The number of thiazole rings is 1. The number of aromatic nitrogens is 5. The van der Waals surface area contributed by atoms with Crippen molar-refractivity contribution in [2.45, 2.75) is 140 Å². The Balaban J connectivity index is 0.600. The summed E-state index contributed by atoms with van der Waals surface area (Å²) < 4.78 is 24.7. The van der Waals surface area contributed by atoms with Crippen molar-refractivity contribution in [3.63, 3.8) is 0 Å². The van der Waals surface area contributed by atoms with Crippen molar-refractivity contribution in [2.24, 2.45) is 5.92 Å². The highest BCUT2D eigenvalue weighted by atomic mass is 32.1. The summed E-state index contributed by atoms with van der Waals surface area (Å²) >= 11 is 1.61. The zero-order valence-electron chi connectivity index (χ0n) is 48.0. The van der Waals surface area contributed by atoms with Gasteiger partial charge in [0.2, 0.25) is 11.8 Å². The number of hydrogen-bond donors (Lipinski definition) is 3. The zero-order valence-corrected chi connectivity index (χ0v) is 48.9. The van der Waals surface area contributed by atoms with E-state index in [1.807, 2.05) is 75.8 Å². The Morgan fingerprint density at radius 3 is 2.42 bits per heavy atom. The molecule has 3 aromatic carbocycles. The maximum Gasteiger partial charge on any atom is 0.409 e. The van der Waals surface area contributed by atoms with Crippen LogP contribution in [0.5, 0.6) is 17.6 Å². The number of likely N-dealkylation sites (N-methyl/N-ethyl adjacent to an activating group) is 1. The molecule has 5 saturated heterocycles. The first-order valence-corrected chi connectivity index (χ1v) is 30.6. The number of hydrogen-bond acceptors (Lipinski definition) is 17. The molecule has 0 spiro atoms. The van der Waals surface area contributed by atoms with Gasteiger partial charge < -0.3 is 49.2 Å². The van der Waals surface area contributed by atoms with Crippen molar-refractivity contribution in [1.82, 2.24) is 50.4 Å². The lowest BCUT2D eigenvalue weighted by Crippen LogP contribution is -2.51. The van der Waals surface area contributed by atoms with E-state index in [2.05, 4.69) is 62.7 Å². The molecule has 0 saturated carbocycles. The van der Waals surface area contributed by atoms with Crippen LogP contribution in [-0.4, -0.2) is 152 Å². The Bertz CT molecular complexity index is 3570. The van der Waals surface area contributed by atoms with Gasteiger partial charge in [0.1, 0.15) is 42.8 Å². The number of anilines is 1. The molecule has 3 N–H and O–H groups in total. The summed E-state index contributed by atoms with van der Waals surface area (Å²) in [6, 6.07) is 20.1. The van der Waals surface area contributed by atoms with E-state index in [0.29, 0.717) is 75.2 Å². The number of pyridine rings is 1. The average Bonchev–Trinajstić information content (AvgIpc) is 3.79. The highest BCUT2D eigenvalue weighted by Crippen LogP contribution is 2.49. The maximum absolute atomic E-state index is 14.3. The van der Waals surface area contributed by atoms with Crippen LogP contribution in [0.15, 0.2) is 76.9 Å². The lowest BCUT2D eigenvalue weighted by atomic mass is 9.79. The molecule has 3 amide bonds. The van der Waals surface area contributed by atoms with E-state index >= 15 is 0 Å². The molecule has 5 fully saturated rings. The van der Waals surface area contributed by atoms with Crippen LogP contribution in [0, 0.1) is 12.8 Å². The van der Waals surface area contributed by atoms with Crippen molar-refractivity contribution in [2.75, 3.05) is 57.9 Å². The number of aromatic hydroxyl groups is 1. The van der Waals surface area contributed by atoms with Crippen molar-refractivity contribution >= 4 is 56.7 Å². The van der Waals surface area contributed by atoms with Gasteiger partial charge in [0.15, 0.2) is 5.76 Å². The molecule has 20 heteroatoms. The summed E-state index contributed by atoms with van der Waals surface area (Å²) in [6.07, 6.45) is 7.78. The Labute approximate surface area is 487 Å². The Kier molecular flexibility index (Phi) is 14.9.